The predicted molar refractivity (Wildman–Crippen MR) is 86.9 cm³/mol. The maximum absolute atomic E-state index is 13.6. The third kappa shape index (κ3) is 4.37. The lowest BCUT2D eigenvalue weighted by atomic mass is 10.2. The van der Waals surface area contributed by atoms with Crippen molar-refractivity contribution in [2.75, 3.05) is 5.32 Å². The van der Waals surface area contributed by atoms with E-state index in [1.807, 2.05) is 0 Å². The highest BCUT2D eigenvalue weighted by Gasteiger charge is 2.11. The van der Waals surface area contributed by atoms with Gasteiger partial charge in [-0.05, 0) is 42.3 Å². The molecule has 0 aromatic heterocycles. The maximum atomic E-state index is 13.6. The molecule has 0 spiro atoms. The number of benzene rings is 2. The molecule has 0 aliphatic heterocycles. The summed E-state index contributed by atoms with van der Waals surface area (Å²) >= 11 is 5.70. The van der Waals surface area contributed by atoms with E-state index in [0.717, 1.165) is 11.6 Å². The number of amides is 1. The van der Waals surface area contributed by atoms with Gasteiger partial charge in [-0.1, -0.05) is 23.7 Å². The highest BCUT2D eigenvalue weighted by molar-refractivity contribution is 6.32. The molecule has 1 amide bonds. The Morgan fingerprint density at radius 2 is 2.04 bits per heavy atom. The molecule has 5 nitrogen and oxygen atoms in total. The van der Waals surface area contributed by atoms with Crippen molar-refractivity contribution in [1.29, 1.82) is 0 Å². The molecule has 0 saturated carbocycles. The Labute approximate surface area is 136 Å². The number of rotatable bonds is 4. The van der Waals surface area contributed by atoms with E-state index in [4.69, 9.17) is 11.6 Å². The summed E-state index contributed by atoms with van der Waals surface area (Å²) in [4.78, 5) is 22.0. The summed E-state index contributed by atoms with van der Waals surface area (Å²) in [5, 5.41) is 13.2. The fraction of sp³-hybridized carbons (Fsp3) is 0.0625. The molecule has 0 atom stereocenters. The second kappa shape index (κ2) is 7.02. The van der Waals surface area contributed by atoms with Crippen LogP contribution >= 0.6 is 11.6 Å². The van der Waals surface area contributed by atoms with E-state index in [0.29, 0.717) is 5.56 Å². The first kappa shape index (κ1) is 16.6. The van der Waals surface area contributed by atoms with Crippen molar-refractivity contribution in [2.45, 2.75) is 6.92 Å². The van der Waals surface area contributed by atoms with Crippen LogP contribution < -0.4 is 5.32 Å². The molecule has 2 aromatic carbocycles. The van der Waals surface area contributed by atoms with Gasteiger partial charge in [-0.3, -0.25) is 14.9 Å². The van der Waals surface area contributed by atoms with E-state index in [9.17, 15) is 19.3 Å². The number of halogens is 2. The molecule has 1 N–H and O–H groups in total. The SMILES string of the molecule is Cc1ccc(NC(=O)/C=C/c2ccc(Cl)c([N+](=O)[O-])c2)c(F)c1. The van der Waals surface area contributed by atoms with Gasteiger partial charge in [0.25, 0.3) is 5.69 Å². The summed E-state index contributed by atoms with van der Waals surface area (Å²) in [6.07, 6.45) is 2.54. The first-order valence-electron chi connectivity index (χ1n) is 6.56. The standard InChI is InChI=1S/C16H12ClFN2O3/c1-10-2-6-14(13(18)8-10)19-16(21)7-4-11-3-5-12(17)15(9-11)20(22)23/h2-9H,1H3,(H,19,21)/b7-4+. The average Bonchev–Trinajstić information content (AvgIpc) is 2.49. The first-order chi connectivity index (χ1) is 10.9. The number of hydrogen-bond donors (Lipinski definition) is 1. The lowest BCUT2D eigenvalue weighted by molar-refractivity contribution is -0.384. The van der Waals surface area contributed by atoms with Crippen LogP contribution in [0.5, 0.6) is 0 Å². The van der Waals surface area contributed by atoms with Crippen LogP contribution in [0.3, 0.4) is 0 Å². The van der Waals surface area contributed by atoms with E-state index in [2.05, 4.69) is 5.32 Å². The summed E-state index contributed by atoms with van der Waals surface area (Å²) in [5.41, 5.74) is 0.983. The fourth-order valence-corrected chi connectivity index (χ4v) is 2.03. The van der Waals surface area contributed by atoms with Crippen LogP contribution in [0.1, 0.15) is 11.1 Å². The summed E-state index contributed by atoms with van der Waals surface area (Å²) in [6, 6.07) is 8.59. The number of anilines is 1. The third-order valence-electron chi connectivity index (χ3n) is 2.98. The van der Waals surface area contributed by atoms with Gasteiger partial charge in [-0.15, -0.1) is 0 Å². The van der Waals surface area contributed by atoms with Gasteiger partial charge in [-0.2, -0.15) is 0 Å². The number of nitrogens with one attached hydrogen (secondary N) is 1. The minimum Gasteiger partial charge on any atom is -0.320 e. The quantitative estimate of drug-likeness (QED) is 0.513. The van der Waals surface area contributed by atoms with Crippen molar-refractivity contribution in [3.63, 3.8) is 0 Å². The van der Waals surface area contributed by atoms with Gasteiger partial charge < -0.3 is 5.32 Å². The van der Waals surface area contributed by atoms with Crippen molar-refractivity contribution in [3.05, 3.63) is 74.6 Å². The van der Waals surface area contributed by atoms with Crippen LogP contribution in [0.25, 0.3) is 6.08 Å². The molecule has 0 aliphatic rings. The van der Waals surface area contributed by atoms with Crippen LogP contribution in [-0.4, -0.2) is 10.8 Å². The zero-order valence-corrected chi connectivity index (χ0v) is 12.8. The molecule has 0 saturated heterocycles. The zero-order chi connectivity index (χ0) is 17.0. The minimum absolute atomic E-state index is 0.0123. The number of carbonyl (C=O) groups is 1. The largest absolute Gasteiger partial charge is 0.320 e. The molecule has 0 heterocycles. The van der Waals surface area contributed by atoms with Crippen LogP contribution in [-0.2, 0) is 4.79 Å². The van der Waals surface area contributed by atoms with Gasteiger partial charge in [0.05, 0.1) is 10.6 Å². The van der Waals surface area contributed by atoms with Crippen molar-refractivity contribution in [3.8, 4) is 0 Å². The second-order valence-electron chi connectivity index (χ2n) is 4.77. The lowest BCUT2D eigenvalue weighted by Crippen LogP contribution is -2.09. The molecular formula is C16H12ClFN2O3. The van der Waals surface area contributed by atoms with Gasteiger partial charge in [0.1, 0.15) is 10.8 Å². The summed E-state index contributed by atoms with van der Waals surface area (Å²) in [6.45, 7) is 1.74. The van der Waals surface area contributed by atoms with Crippen molar-refractivity contribution in [1.82, 2.24) is 0 Å². The van der Waals surface area contributed by atoms with E-state index in [1.54, 1.807) is 13.0 Å². The fourth-order valence-electron chi connectivity index (χ4n) is 1.84. The molecule has 118 valence electrons. The van der Waals surface area contributed by atoms with Crippen molar-refractivity contribution in [2.24, 2.45) is 0 Å². The molecule has 0 unspecified atom stereocenters. The first-order valence-corrected chi connectivity index (χ1v) is 6.94. The zero-order valence-electron chi connectivity index (χ0n) is 12.0. The van der Waals surface area contributed by atoms with E-state index < -0.39 is 16.6 Å². The molecular weight excluding hydrogens is 323 g/mol. The van der Waals surface area contributed by atoms with Gasteiger partial charge in [-0.25, -0.2) is 4.39 Å². The van der Waals surface area contributed by atoms with Gasteiger partial charge >= 0.3 is 0 Å². The summed E-state index contributed by atoms with van der Waals surface area (Å²) in [7, 11) is 0. The molecule has 0 bridgehead atoms. The Hall–Kier alpha value is -2.73. The smallest absolute Gasteiger partial charge is 0.288 e. The summed E-state index contributed by atoms with van der Waals surface area (Å²) in [5.74, 6) is -1.08. The Balaban J connectivity index is 2.12. The Morgan fingerprint density at radius 3 is 2.70 bits per heavy atom. The van der Waals surface area contributed by atoms with Gasteiger partial charge in [0.15, 0.2) is 0 Å². The van der Waals surface area contributed by atoms with Crippen molar-refractivity contribution >= 4 is 35.0 Å². The number of nitro benzene ring substituents is 1. The molecule has 23 heavy (non-hydrogen) atoms. The van der Waals surface area contributed by atoms with Crippen LogP contribution in [0.4, 0.5) is 15.8 Å². The van der Waals surface area contributed by atoms with Crippen LogP contribution in [0, 0.1) is 22.9 Å². The Bertz CT molecular complexity index is 806. The molecule has 0 aliphatic carbocycles. The van der Waals surface area contributed by atoms with E-state index in [1.165, 1.54) is 36.4 Å². The third-order valence-corrected chi connectivity index (χ3v) is 3.30. The maximum Gasteiger partial charge on any atom is 0.288 e. The van der Waals surface area contributed by atoms with Crippen LogP contribution in [0.2, 0.25) is 5.02 Å². The highest BCUT2D eigenvalue weighted by atomic mass is 35.5. The minimum atomic E-state index is -0.610. The predicted octanol–water partition coefficient (Wildman–Crippen LogP) is 4.35. The Morgan fingerprint density at radius 1 is 1.30 bits per heavy atom. The van der Waals surface area contributed by atoms with Gasteiger partial charge in [0, 0.05) is 12.1 Å². The molecule has 0 fully saturated rings. The Kier molecular flexibility index (Phi) is 5.08. The number of hydrogen-bond acceptors (Lipinski definition) is 3. The molecule has 2 aromatic rings. The summed E-state index contributed by atoms with van der Waals surface area (Å²) < 4.78 is 13.6. The number of nitro groups is 1. The molecule has 7 heteroatoms. The van der Waals surface area contributed by atoms with Crippen LogP contribution in [0.15, 0.2) is 42.5 Å². The molecule has 0 radical (unpaired) electrons. The number of carbonyl (C=O) groups excluding carboxylic acids is 1. The lowest BCUT2D eigenvalue weighted by Gasteiger charge is -2.04. The second-order valence-corrected chi connectivity index (χ2v) is 5.18. The number of aryl methyl sites for hydroxylation is 1. The van der Waals surface area contributed by atoms with E-state index in [-0.39, 0.29) is 16.4 Å². The topological polar surface area (TPSA) is 72.2 Å². The van der Waals surface area contributed by atoms with Gasteiger partial charge in [0.2, 0.25) is 5.91 Å². The molecule has 2 rings (SSSR count). The number of nitrogens with zero attached hydrogens (tertiary/aromatic N) is 1. The van der Waals surface area contributed by atoms with Crippen molar-refractivity contribution < 1.29 is 14.1 Å². The highest BCUT2D eigenvalue weighted by Crippen LogP contribution is 2.25. The average molecular weight is 335 g/mol. The monoisotopic (exact) mass is 334 g/mol. The normalized spacial score (nSPS) is 10.7. The van der Waals surface area contributed by atoms with E-state index >= 15 is 0 Å².